The van der Waals surface area contributed by atoms with Crippen LogP contribution >= 0.6 is 0 Å². The number of hydrogen-bond acceptors (Lipinski definition) is 7. The zero-order valence-electron chi connectivity index (χ0n) is 17.5. The Labute approximate surface area is 173 Å². The summed E-state index contributed by atoms with van der Waals surface area (Å²) in [5, 5.41) is 22.4. The predicted octanol–water partition coefficient (Wildman–Crippen LogP) is 3.66. The standard InChI is InChI=1S/C17H29N3O.C4H6O4/c1-2-8-15(9-3-1)18-11-5-7-13-21-17-14-16-10-4-6-12-20(16)19-17;1-2-3-4-6-8-7-5/h14-15,18H,1-13H2;5H,4H2,1H3. The van der Waals surface area contributed by atoms with Crippen molar-refractivity contribution >= 4 is 0 Å². The Hall–Kier alpha value is -1.63. The van der Waals surface area contributed by atoms with Crippen LogP contribution in [0, 0.1) is 11.8 Å². The van der Waals surface area contributed by atoms with Crippen molar-refractivity contribution in [3.8, 4) is 17.7 Å². The lowest BCUT2D eigenvalue weighted by Crippen LogP contribution is -2.31. The van der Waals surface area contributed by atoms with E-state index in [4.69, 9.17) is 9.99 Å². The van der Waals surface area contributed by atoms with Crippen LogP contribution < -0.4 is 10.1 Å². The van der Waals surface area contributed by atoms with Gasteiger partial charge >= 0.3 is 0 Å². The van der Waals surface area contributed by atoms with E-state index < -0.39 is 0 Å². The first-order valence-corrected chi connectivity index (χ1v) is 10.8. The molecule has 0 unspecified atom stereocenters. The van der Waals surface area contributed by atoms with E-state index in [1.165, 1.54) is 57.1 Å². The van der Waals surface area contributed by atoms with Crippen molar-refractivity contribution in [3.63, 3.8) is 0 Å². The molecule has 0 atom stereocenters. The summed E-state index contributed by atoms with van der Waals surface area (Å²) in [6.45, 7) is 4.72. The number of rotatable bonds is 10. The van der Waals surface area contributed by atoms with Crippen LogP contribution in [0.1, 0.15) is 70.4 Å². The third-order valence-electron chi connectivity index (χ3n) is 5.14. The smallest absolute Gasteiger partial charge is 0.232 e. The maximum atomic E-state index is 7.47. The van der Waals surface area contributed by atoms with E-state index in [2.05, 4.69) is 48.0 Å². The van der Waals surface area contributed by atoms with E-state index >= 15 is 0 Å². The quantitative estimate of drug-likeness (QED) is 0.264. The highest BCUT2D eigenvalue weighted by Gasteiger charge is 2.13. The largest absolute Gasteiger partial charge is 0.477 e. The summed E-state index contributed by atoms with van der Waals surface area (Å²) in [6.07, 6.45) is 13.0. The minimum Gasteiger partial charge on any atom is -0.477 e. The lowest BCUT2D eigenvalue weighted by Gasteiger charge is -2.22. The average molecular weight is 410 g/mol. The summed E-state index contributed by atoms with van der Waals surface area (Å²) < 4.78 is 7.91. The number of aryl methyl sites for hydroxylation is 2. The molecule has 1 aromatic heterocycles. The number of hydrogen-bond donors (Lipinski definition) is 2. The number of ether oxygens (including phenoxy) is 1. The van der Waals surface area contributed by atoms with E-state index in [-0.39, 0.29) is 6.61 Å². The van der Waals surface area contributed by atoms with Gasteiger partial charge in [0.25, 0.3) is 0 Å². The van der Waals surface area contributed by atoms with Crippen molar-refractivity contribution in [3.05, 3.63) is 11.8 Å². The van der Waals surface area contributed by atoms with E-state index in [1.807, 2.05) is 0 Å². The second-order valence-electron chi connectivity index (χ2n) is 7.33. The van der Waals surface area contributed by atoms with Crippen LogP contribution in [0.4, 0.5) is 0 Å². The van der Waals surface area contributed by atoms with Crippen molar-refractivity contribution in [1.29, 1.82) is 0 Å². The molecule has 2 aliphatic rings. The maximum Gasteiger partial charge on any atom is 0.232 e. The summed E-state index contributed by atoms with van der Waals surface area (Å²) in [4.78, 5) is 4.08. The molecule has 8 nitrogen and oxygen atoms in total. The Morgan fingerprint density at radius 2 is 2.07 bits per heavy atom. The van der Waals surface area contributed by atoms with Gasteiger partial charge in [-0.05, 0) is 68.5 Å². The molecule has 3 rings (SSSR count). The normalized spacial score (nSPS) is 16.2. The van der Waals surface area contributed by atoms with Gasteiger partial charge < -0.3 is 10.1 Å². The highest BCUT2D eigenvalue weighted by molar-refractivity contribution is 5.16. The summed E-state index contributed by atoms with van der Waals surface area (Å²) in [7, 11) is 0. The second kappa shape index (κ2) is 15.2. The first-order valence-electron chi connectivity index (χ1n) is 10.8. The minimum atomic E-state index is 0.0804. The fourth-order valence-electron chi connectivity index (χ4n) is 3.63. The SMILES string of the molecule is CC#CCOOOO.c1c(OCCCCNC2CCCCC2)nn2c1CCCC2. The molecule has 0 radical (unpaired) electrons. The molecule has 164 valence electrons. The predicted molar refractivity (Wildman–Crippen MR) is 109 cm³/mol. The molecule has 1 aromatic rings. The van der Waals surface area contributed by atoms with E-state index in [9.17, 15) is 0 Å². The van der Waals surface area contributed by atoms with Gasteiger partial charge in [0.2, 0.25) is 5.88 Å². The van der Waals surface area contributed by atoms with Crippen molar-refractivity contribution in [2.75, 3.05) is 19.8 Å². The van der Waals surface area contributed by atoms with Crippen LogP contribution in [0.25, 0.3) is 0 Å². The zero-order chi connectivity index (χ0) is 20.6. The van der Waals surface area contributed by atoms with Gasteiger partial charge in [0.15, 0.2) is 0 Å². The third kappa shape index (κ3) is 10.1. The summed E-state index contributed by atoms with van der Waals surface area (Å²) >= 11 is 0. The van der Waals surface area contributed by atoms with Crippen LogP contribution in [-0.4, -0.2) is 40.8 Å². The van der Waals surface area contributed by atoms with Crippen molar-refractivity contribution in [1.82, 2.24) is 15.1 Å². The Bertz CT molecular complexity index is 582. The molecule has 8 heteroatoms. The van der Waals surface area contributed by atoms with Gasteiger partial charge in [-0.3, -0.25) is 4.68 Å². The summed E-state index contributed by atoms with van der Waals surface area (Å²) in [6, 6.07) is 2.90. The fourth-order valence-corrected chi connectivity index (χ4v) is 3.63. The maximum absolute atomic E-state index is 7.47. The van der Waals surface area contributed by atoms with Gasteiger partial charge in [-0.15, -0.1) is 11.0 Å². The van der Waals surface area contributed by atoms with Crippen molar-refractivity contribution in [2.24, 2.45) is 0 Å². The third-order valence-corrected chi connectivity index (χ3v) is 5.14. The van der Waals surface area contributed by atoms with Gasteiger partial charge in [0, 0.05) is 24.3 Å². The number of aromatic nitrogens is 2. The second-order valence-corrected chi connectivity index (χ2v) is 7.33. The number of unbranched alkanes of at least 4 members (excludes halogenated alkanes) is 1. The monoisotopic (exact) mass is 409 g/mol. The molecule has 2 N–H and O–H groups in total. The van der Waals surface area contributed by atoms with Crippen LogP contribution in [-0.2, 0) is 27.9 Å². The molecular formula is C21H35N3O5. The first-order chi connectivity index (χ1) is 14.3. The fraction of sp³-hybridized carbons (Fsp3) is 0.762. The Kier molecular flexibility index (Phi) is 12.4. The topological polar surface area (TPSA) is 87.0 Å². The van der Waals surface area contributed by atoms with Crippen LogP contribution in [0.5, 0.6) is 5.88 Å². The van der Waals surface area contributed by atoms with Crippen LogP contribution in [0.3, 0.4) is 0 Å². The Morgan fingerprint density at radius 1 is 1.21 bits per heavy atom. The molecule has 0 bridgehead atoms. The van der Waals surface area contributed by atoms with Gasteiger partial charge in [-0.1, -0.05) is 25.2 Å². The number of fused-ring (bicyclic) bond motifs is 1. The van der Waals surface area contributed by atoms with Crippen molar-refractivity contribution < 1.29 is 25.0 Å². The Morgan fingerprint density at radius 3 is 2.83 bits per heavy atom. The molecule has 0 amide bonds. The molecule has 0 aromatic carbocycles. The zero-order valence-corrected chi connectivity index (χ0v) is 17.5. The molecule has 1 aliphatic carbocycles. The van der Waals surface area contributed by atoms with Crippen molar-refractivity contribution in [2.45, 2.75) is 83.7 Å². The van der Waals surface area contributed by atoms with E-state index in [1.54, 1.807) is 6.92 Å². The highest BCUT2D eigenvalue weighted by Crippen LogP contribution is 2.19. The first kappa shape index (κ1) is 23.6. The number of nitrogens with zero attached hydrogens (tertiary/aromatic N) is 2. The molecule has 0 saturated heterocycles. The highest BCUT2D eigenvalue weighted by atomic mass is 17.6. The molecule has 1 fully saturated rings. The van der Waals surface area contributed by atoms with E-state index in [0.29, 0.717) is 0 Å². The molecule has 29 heavy (non-hydrogen) atoms. The lowest BCUT2D eigenvalue weighted by atomic mass is 9.95. The summed E-state index contributed by atoms with van der Waals surface area (Å²) in [5.74, 6) is 5.86. The van der Waals surface area contributed by atoms with E-state index in [0.717, 1.165) is 44.5 Å². The lowest BCUT2D eigenvalue weighted by molar-refractivity contribution is -0.620. The van der Waals surface area contributed by atoms with Gasteiger partial charge in [-0.2, -0.15) is 4.89 Å². The Balaban J connectivity index is 0.000000321. The molecule has 1 saturated carbocycles. The molecule has 0 spiro atoms. The summed E-state index contributed by atoms with van der Waals surface area (Å²) in [5.41, 5.74) is 1.34. The number of nitrogens with one attached hydrogen (secondary N) is 1. The molecule has 2 heterocycles. The van der Waals surface area contributed by atoms with Crippen LogP contribution in [0.2, 0.25) is 0 Å². The van der Waals surface area contributed by atoms with Gasteiger partial charge in [0.1, 0.15) is 6.61 Å². The molecular weight excluding hydrogens is 374 g/mol. The minimum absolute atomic E-state index is 0.0804. The average Bonchev–Trinajstić information content (AvgIpc) is 3.18. The van der Waals surface area contributed by atoms with Gasteiger partial charge in [0.05, 0.1) is 6.61 Å². The van der Waals surface area contributed by atoms with Crippen LogP contribution in [0.15, 0.2) is 6.07 Å². The van der Waals surface area contributed by atoms with Gasteiger partial charge in [-0.25, -0.2) is 5.26 Å². The molecule has 1 aliphatic heterocycles.